The second-order valence-corrected chi connectivity index (χ2v) is 11.6. The Balaban J connectivity index is 1.49. The third-order valence-corrected chi connectivity index (χ3v) is 7.14. The smallest absolute Gasteiger partial charge is 0.330 e. The zero-order valence-corrected chi connectivity index (χ0v) is 19.5. The van der Waals surface area contributed by atoms with Crippen molar-refractivity contribution in [2.75, 3.05) is 24.7 Å². The number of thiazole rings is 1. The molecule has 7 nitrogen and oxygen atoms in total. The zero-order valence-electron chi connectivity index (χ0n) is 17.8. The lowest BCUT2D eigenvalue weighted by atomic mass is 9.97. The number of carbonyl (C=O) groups excluding carboxylic acids is 1. The number of aromatic nitrogens is 1. The van der Waals surface area contributed by atoms with Crippen molar-refractivity contribution in [2.45, 2.75) is 51.0 Å². The van der Waals surface area contributed by atoms with Crippen molar-refractivity contribution in [3.05, 3.63) is 40.3 Å². The molecule has 164 valence electrons. The molecule has 0 aliphatic carbocycles. The number of nitrogens with zero attached hydrogens (tertiary/aromatic N) is 2. The van der Waals surface area contributed by atoms with Crippen molar-refractivity contribution < 1.29 is 18.0 Å². The normalized spacial score (nSPS) is 16.4. The van der Waals surface area contributed by atoms with Crippen LogP contribution in [0, 0.1) is 5.41 Å². The predicted octanol–water partition coefficient (Wildman–Crippen LogP) is 3.84. The maximum atomic E-state index is 12.0. The van der Waals surface area contributed by atoms with Crippen LogP contribution in [0.25, 0.3) is 0 Å². The maximum Gasteiger partial charge on any atom is 0.330 e. The molecule has 0 atom stereocenters. The molecule has 1 aliphatic heterocycles. The van der Waals surface area contributed by atoms with Gasteiger partial charge in [-0.15, -0.1) is 16.4 Å². The van der Waals surface area contributed by atoms with Gasteiger partial charge in [0.2, 0.25) is 0 Å². The molecule has 2 heterocycles. The molecule has 1 N–H and O–H groups in total. The quantitative estimate of drug-likeness (QED) is 0.714. The van der Waals surface area contributed by atoms with E-state index in [1.54, 1.807) is 40.7 Å². The van der Waals surface area contributed by atoms with Crippen molar-refractivity contribution >= 4 is 32.8 Å². The van der Waals surface area contributed by atoms with E-state index >= 15 is 0 Å². The molecule has 1 fully saturated rings. The molecule has 1 aliphatic rings. The number of hydrogen-bond donors (Lipinski definition) is 1. The van der Waals surface area contributed by atoms with Gasteiger partial charge in [0, 0.05) is 36.3 Å². The summed E-state index contributed by atoms with van der Waals surface area (Å²) in [5, 5.41) is 8.21. The molecule has 0 amide bonds. The van der Waals surface area contributed by atoms with Crippen LogP contribution in [-0.4, -0.2) is 43.8 Å². The second-order valence-electron chi connectivity index (χ2n) is 8.66. The Labute approximate surface area is 182 Å². The lowest BCUT2D eigenvalue weighted by molar-refractivity contribution is -0.204. The van der Waals surface area contributed by atoms with E-state index in [9.17, 15) is 13.2 Å². The van der Waals surface area contributed by atoms with Crippen LogP contribution in [0.1, 0.15) is 50.2 Å². The summed E-state index contributed by atoms with van der Waals surface area (Å²) in [6.07, 6.45) is 3.01. The highest BCUT2D eigenvalue weighted by Gasteiger charge is 2.29. The number of carbonyl (C=O) groups is 1. The Morgan fingerprint density at radius 2 is 1.87 bits per heavy atom. The first-order valence-corrected chi connectivity index (χ1v) is 12.7. The Hall–Kier alpha value is -1.97. The van der Waals surface area contributed by atoms with Crippen molar-refractivity contribution in [1.29, 1.82) is 0 Å². The van der Waals surface area contributed by atoms with Gasteiger partial charge in [0.15, 0.2) is 9.84 Å². The first-order chi connectivity index (χ1) is 14.0. The van der Waals surface area contributed by atoms with Gasteiger partial charge in [-0.05, 0) is 57.9 Å². The summed E-state index contributed by atoms with van der Waals surface area (Å²) in [6, 6.07) is 6.73. The molecule has 0 spiro atoms. The maximum absolute atomic E-state index is 12.0. The number of sulfone groups is 1. The SMILES string of the molecule is CC(C)(C)C(=O)ON1CCC(c2nc(CNc3ccc(S(C)(=O)=O)cc3)cs2)CC1. The Morgan fingerprint density at radius 3 is 2.43 bits per heavy atom. The Morgan fingerprint density at radius 1 is 1.23 bits per heavy atom. The summed E-state index contributed by atoms with van der Waals surface area (Å²) < 4.78 is 23.1. The lowest BCUT2D eigenvalue weighted by Crippen LogP contribution is -2.38. The van der Waals surface area contributed by atoms with Crippen LogP contribution in [0.4, 0.5) is 5.69 Å². The van der Waals surface area contributed by atoms with Crippen LogP contribution in [0.5, 0.6) is 0 Å². The van der Waals surface area contributed by atoms with Gasteiger partial charge in [-0.25, -0.2) is 18.2 Å². The number of nitrogens with one attached hydrogen (secondary N) is 1. The van der Waals surface area contributed by atoms with Gasteiger partial charge in [-0.2, -0.15) is 0 Å². The fraction of sp³-hybridized carbons (Fsp3) is 0.524. The van der Waals surface area contributed by atoms with E-state index in [1.165, 1.54) is 6.26 Å². The first-order valence-electron chi connectivity index (χ1n) is 9.98. The number of rotatable bonds is 6. The molecule has 30 heavy (non-hydrogen) atoms. The number of hydroxylamine groups is 2. The third-order valence-electron chi connectivity index (χ3n) is 4.95. The van der Waals surface area contributed by atoms with Crippen LogP contribution < -0.4 is 5.32 Å². The second kappa shape index (κ2) is 9.03. The molecule has 0 bridgehead atoms. The van der Waals surface area contributed by atoms with Gasteiger partial charge in [0.05, 0.1) is 27.6 Å². The van der Waals surface area contributed by atoms with Crippen LogP contribution >= 0.6 is 11.3 Å². The van der Waals surface area contributed by atoms with Crippen molar-refractivity contribution in [3.8, 4) is 0 Å². The summed E-state index contributed by atoms with van der Waals surface area (Å²) in [7, 11) is -3.18. The van der Waals surface area contributed by atoms with Crippen LogP contribution in [0.2, 0.25) is 0 Å². The van der Waals surface area contributed by atoms with Crippen LogP contribution in [-0.2, 0) is 26.0 Å². The highest BCUT2D eigenvalue weighted by atomic mass is 32.2. The predicted molar refractivity (Wildman–Crippen MR) is 118 cm³/mol. The average Bonchev–Trinajstić information content (AvgIpc) is 3.15. The minimum Gasteiger partial charge on any atom is -0.379 e. The van der Waals surface area contributed by atoms with Gasteiger partial charge in [-0.1, -0.05) is 0 Å². The van der Waals surface area contributed by atoms with E-state index in [0.29, 0.717) is 30.4 Å². The standard InChI is InChI=1S/C21H29N3O4S2/c1-21(2,3)20(25)28-24-11-9-15(10-12-24)19-23-17(14-29-19)13-22-16-5-7-18(8-6-16)30(4,26)27/h5-8,14-15,22H,9-13H2,1-4H3. The number of anilines is 1. The van der Waals surface area contributed by atoms with Crippen LogP contribution in [0.3, 0.4) is 0 Å². The first kappa shape index (κ1) is 22.7. The summed E-state index contributed by atoms with van der Waals surface area (Å²) in [5.74, 6) is 0.176. The monoisotopic (exact) mass is 451 g/mol. The minimum absolute atomic E-state index is 0.201. The molecule has 0 radical (unpaired) electrons. The van der Waals surface area contributed by atoms with E-state index in [0.717, 1.165) is 29.2 Å². The van der Waals surface area contributed by atoms with E-state index in [4.69, 9.17) is 9.82 Å². The molecule has 3 rings (SSSR count). The highest BCUT2D eigenvalue weighted by molar-refractivity contribution is 7.90. The van der Waals surface area contributed by atoms with E-state index < -0.39 is 15.3 Å². The Kier molecular flexibility index (Phi) is 6.84. The molecule has 0 saturated carbocycles. The molecule has 1 aromatic carbocycles. The molecule has 1 saturated heterocycles. The van der Waals surface area contributed by atoms with Crippen molar-refractivity contribution in [3.63, 3.8) is 0 Å². The van der Waals surface area contributed by atoms with E-state index in [2.05, 4.69) is 10.7 Å². The van der Waals surface area contributed by atoms with Gasteiger partial charge >= 0.3 is 5.97 Å². The molecular formula is C21H29N3O4S2. The lowest BCUT2D eigenvalue weighted by Gasteiger charge is -2.31. The fourth-order valence-corrected chi connectivity index (χ4v) is 4.67. The number of piperidine rings is 1. The topological polar surface area (TPSA) is 88.6 Å². The Bertz CT molecular complexity index is 970. The average molecular weight is 452 g/mol. The summed E-state index contributed by atoms with van der Waals surface area (Å²) in [5.41, 5.74) is 1.31. The molecule has 2 aromatic rings. The van der Waals surface area contributed by atoms with Crippen molar-refractivity contribution in [2.24, 2.45) is 5.41 Å². The minimum atomic E-state index is -3.18. The molecule has 0 unspecified atom stereocenters. The molecular weight excluding hydrogens is 422 g/mol. The highest BCUT2D eigenvalue weighted by Crippen LogP contribution is 2.31. The van der Waals surface area contributed by atoms with E-state index in [-0.39, 0.29) is 5.97 Å². The fourth-order valence-electron chi connectivity index (χ4n) is 3.05. The largest absolute Gasteiger partial charge is 0.379 e. The number of hydrogen-bond acceptors (Lipinski definition) is 8. The van der Waals surface area contributed by atoms with Gasteiger partial charge in [0.1, 0.15) is 0 Å². The van der Waals surface area contributed by atoms with Gasteiger partial charge < -0.3 is 10.2 Å². The summed E-state index contributed by atoms with van der Waals surface area (Å²) in [6.45, 7) is 7.57. The summed E-state index contributed by atoms with van der Waals surface area (Å²) in [4.78, 5) is 22.6. The van der Waals surface area contributed by atoms with Crippen LogP contribution in [0.15, 0.2) is 34.5 Å². The third kappa shape index (κ3) is 6.02. The zero-order chi connectivity index (χ0) is 21.9. The molecule has 9 heteroatoms. The number of benzene rings is 1. The molecule has 1 aromatic heterocycles. The van der Waals surface area contributed by atoms with Gasteiger partial charge in [-0.3, -0.25) is 0 Å². The van der Waals surface area contributed by atoms with Crippen molar-refractivity contribution in [1.82, 2.24) is 10.0 Å². The summed E-state index contributed by atoms with van der Waals surface area (Å²) >= 11 is 1.66. The van der Waals surface area contributed by atoms with Gasteiger partial charge in [0.25, 0.3) is 0 Å². The van der Waals surface area contributed by atoms with E-state index in [1.807, 2.05) is 20.8 Å².